The standard InChI is InChI=1S/C14H17NO3/c1-10(9-11-5-3-2-4-6-11)13-12(16)7-8-15(13)14(17)18/h2-6,10,13H,7-9H2,1H3,(H,17,18)/t10?,13-/m0/s1. The number of nitrogens with zero attached hydrogens (tertiary/aromatic N) is 1. The van der Waals surface area contributed by atoms with Gasteiger partial charge in [-0.05, 0) is 17.9 Å². The number of ketones is 1. The van der Waals surface area contributed by atoms with Crippen LogP contribution < -0.4 is 0 Å². The SMILES string of the molecule is CC(Cc1ccccc1)[C@H]1C(=O)CCN1C(=O)O. The minimum atomic E-state index is -0.995. The molecule has 1 amide bonds. The third-order valence-electron chi connectivity index (χ3n) is 3.45. The Labute approximate surface area is 106 Å². The van der Waals surface area contributed by atoms with Gasteiger partial charge in [0.1, 0.15) is 0 Å². The quantitative estimate of drug-likeness (QED) is 0.890. The Morgan fingerprint density at radius 3 is 2.72 bits per heavy atom. The van der Waals surface area contributed by atoms with Crippen molar-refractivity contribution >= 4 is 11.9 Å². The molecular formula is C14H17NO3. The zero-order chi connectivity index (χ0) is 13.1. The summed E-state index contributed by atoms with van der Waals surface area (Å²) in [6.45, 7) is 2.27. The van der Waals surface area contributed by atoms with Gasteiger partial charge < -0.3 is 5.11 Å². The molecule has 4 nitrogen and oxygen atoms in total. The molecule has 1 unspecified atom stereocenters. The van der Waals surface area contributed by atoms with Crippen LogP contribution in [0.2, 0.25) is 0 Å². The Morgan fingerprint density at radius 2 is 2.11 bits per heavy atom. The van der Waals surface area contributed by atoms with Crippen molar-refractivity contribution in [2.45, 2.75) is 25.8 Å². The highest BCUT2D eigenvalue weighted by Crippen LogP contribution is 2.24. The molecule has 0 radical (unpaired) electrons. The van der Waals surface area contributed by atoms with E-state index in [9.17, 15) is 9.59 Å². The number of amides is 1. The zero-order valence-corrected chi connectivity index (χ0v) is 10.4. The first-order valence-electron chi connectivity index (χ1n) is 6.16. The van der Waals surface area contributed by atoms with Gasteiger partial charge in [-0.25, -0.2) is 4.79 Å². The van der Waals surface area contributed by atoms with E-state index >= 15 is 0 Å². The van der Waals surface area contributed by atoms with Crippen LogP contribution in [0.15, 0.2) is 30.3 Å². The van der Waals surface area contributed by atoms with Gasteiger partial charge in [0.2, 0.25) is 0 Å². The molecule has 2 atom stereocenters. The van der Waals surface area contributed by atoms with Crippen molar-refractivity contribution in [3.8, 4) is 0 Å². The third-order valence-corrected chi connectivity index (χ3v) is 3.45. The number of benzene rings is 1. The largest absolute Gasteiger partial charge is 0.465 e. The predicted molar refractivity (Wildman–Crippen MR) is 67.5 cm³/mol. The first-order valence-corrected chi connectivity index (χ1v) is 6.16. The maximum absolute atomic E-state index is 11.8. The lowest BCUT2D eigenvalue weighted by molar-refractivity contribution is -0.120. The average molecular weight is 247 g/mol. The number of carboxylic acid groups (broad SMARTS) is 1. The second kappa shape index (κ2) is 5.21. The normalized spacial score (nSPS) is 21.1. The Balaban J connectivity index is 2.09. The van der Waals surface area contributed by atoms with Crippen LogP contribution in [0.3, 0.4) is 0 Å². The van der Waals surface area contributed by atoms with Crippen LogP contribution in [0.25, 0.3) is 0 Å². The van der Waals surface area contributed by atoms with Crippen LogP contribution in [0.4, 0.5) is 4.79 Å². The number of hydrogen-bond acceptors (Lipinski definition) is 2. The van der Waals surface area contributed by atoms with Gasteiger partial charge in [0, 0.05) is 13.0 Å². The molecule has 1 aliphatic rings. The van der Waals surface area contributed by atoms with Gasteiger partial charge in [-0.2, -0.15) is 0 Å². The lowest BCUT2D eigenvalue weighted by Crippen LogP contribution is -2.42. The van der Waals surface area contributed by atoms with Crippen molar-refractivity contribution in [1.29, 1.82) is 0 Å². The topological polar surface area (TPSA) is 57.6 Å². The van der Waals surface area contributed by atoms with Crippen molar-refractivity contribution in [3.05, 3.63) is 35.9 Å². The van der Waals surface area contributed by atoms with Gasteiger partial charge in [-0.15, -0.1) is 0 Å². The van der Waals surface area contributed by atoms with Crippen LogP contribution in [0.1, 0.15) is 18.9 Å². The highest BCUT2D eigenvalue weighted by Gasteiger charge is 2.39. The maximum Gasteiger partial charge on any atom is 0.407 e. The summed E-state index contributed by atoms with van der Waals surface area (Å²) in [7, 11) is 0. The number of hydrogen-bond donors (Lipinski definition) is 1. The Kier molecular flexibility index (Phi) is 3.65. The van der Waals surface area contributed by atoms with Crippen LogP contribution in [-0.4, -0.2) is 34.5 Å². The van der Waals surface area contributed by atoms with Gasteiger partial charge in [-0.3, -0.25) is 9.69 Å². The molecule has 1 aromatic carbocycles. The predicted octanol–water partition coefficient (Wildman–Crippen LogP) is 2.19. The Hall–Kier alpha value is -1.84. The molecule has 96 valence electrons. The summed E-state index contributed by atoms with van der Waals surface area (Å²) >= 11 is 0. The summed E-state index contributed by atoms with van der Waals surface area (Å²) < 4.78 is 0. The summed E-state index contributed by atoms with van der Waals surface area (Å²) in [5.74, 6) is 0.0549. The summed E-state index contributed by atoms with van der Waals surface area (Å²) in [4.78, 5) is 24.2. The molecule has 1 aromatic rings. The van der Waals surface area contributed by atoms with Crippen LogP contribution >= 0.6 is 0 Å². The molecule has 4 heteroatoms. The summed E-state index contributed by atoms with van der Waals surface area (Å²) in [6, 6.07) is 9.37. The maximum atomic E-state index is 11.8. The minimum absolute atomic E-state index is 0.0125. The number of carbonyl (C=O) groups is 2. The number of carbonyl (C=O) groups excluding carboxylic acids is 1. The molecule has 1 N–H and O–H groups in total. The van der Waals surface area contributed by atoms with Crippen molar-refractivity contribution in [1.82, 2.24) is 4.90 Å². The highest BCUT2D eigenvalue weighted by atomic mass is 16.4. The Morgan fingerprint density at radius 1 is 1.44 bits per heavy atom. The molecule has 2 rings (SSSR count). The zero-order valence-electron chi connectivity index (χ0n) is 10.4. The molecule has 1 heterocycles. The van der Waals surface area contributed by atoms with Gasteiger partial charge in [0.25, 0.3) is 0 Å². The van der Waals surface area contributed by atoms with E-state index in [1.165, 1.54) is 4.90 Å². The van der Waals surface area contributed by atoms with E-state index in [-0.39, 0.29) is 11.7 Å². The molecule has 1 fully saturated rings. The second-order valence-corrected chi connectivity index (χ2v) is 4.80. The first-order chi connectivity index (χ1) is 8.59. The third kappa shape index (κ3) is 2.53. The lowest BCUT2D eigenvalue weighted by Gasteiger charge is -2.26. The number of Topliss-reactive ketones (excluding diaryl/α,β-unsaturated/α-hetero) is 1. The second-order valence-electron chi connectivity index (χ2n) is 4.80. The molecule has 0 bridgehead atoms. The fraction of sp³-hybridized carbons (Fsp3) is 0.429. The van der Waals surface area contributed by atoms with Crippen molar-refractivity contribution in [2.24, 2.45) is 5.92 Å². The lowest BCUT2D eigenvalue weighted by atomic mass is 9.92. The van der Waals surface area contributed by atoms with E-state index in [1.54, 1.807) is 0 Å². The van der Waals surface area contributed by atoms with Gasteiger partial charge in [0.15, 0.2) is 5.78 Å². The molecule has 1 aliphatic heterocycles. The number of rotatable bonds is 3. The fourth-order valence-electron chi connectivity index (χ4n) is 2.63. The Bertz CT molecular complexity index is 444. The molecule has 0 aromatic heterocycles. The van der Waals surface area contributed by atoms with Crippen LogP contribution in [0.5, 0.6) is 0 Å². The smallest absolute Gasteiger partial charge is 0.407 e. The average Bonchev–Trinajstić information content (AvgIpc) is 2.72. The summed E-state index contributed by atoms with van der Waals surface area (Å²) in [5, 5.41) is 9.09. The molecule has 1 saturated heterocycles. The minimum Gasteiger partial charge on any atom is -0.465 e. The molecule has 0 saturated carbocycles. The van der Waals surface area contributed by atoms with E-state index in [2.05, 4.69) is 0 Å². The van der Waals surface area contributed by atoms with E-state index in [4.69, 9.17) is 5.11 Å². The first kappa shape index (κ1) is 12.6. The molecule has 18 heavy (non-hydrogen) atoms. The van der Waals surface area contributed by atoms with E-state index in [0.29, 0.717) is 13.0 Å². The van der Waals surface area contributed by atoms with Gasteiger partial charge in [0.05, 0.1) is 6.04 Å². The van der Waals surface area contributed by atoms with Crippen molar-refractivity contribution in [2.75, 3.05) is 6.54 Å². The monoisotopic (exact) mass is 247 g/mol. The summed E-state index contributed by atoms with van der Waals surface area (Å²) in [6.07, 6.45) is 0.0719. The van der Waals surface area contributed by atoms with Crippen molar-refractivity contribution in [3.63, 3.8) is 0 Å². The van der Waals surface area contributed by atoms with Crippen LogP contribution in [-0.2, 0) is 11.2 Å². The van der Waals surface area contributed by atoms with Crippen molar-refractivity contribution < 1.29 is 14.7 Å². The van der Waals surface area contributed by atoms with Gasteiger partial charge >= 0.3 is 6.09 Å². The van der Waals surface area contributed by atoms with E-state index < -0.39 is 12.1 Å². The molecular weight excluding hydrogens is 230 g/mol. The van der Waals surface area contributed by atoms with E-state index in [0.717, 1.165) is 12.0 Å². The highest BCUT2D eigenvalue weighted by molar-refractivity contribution is 5.90. The fourth-order valence-corrected chi connectivity index (χ4v) is 2.63. The molecule has 0 spiro atoms. The number of likely N-dealkylation sites (tertiary alicyclic amines) is 1. The van der Waals surface area contributed by atoms with E-state index in [1.807, 2.05) is 37.3 Å². The molecule has 0 aliphatic carbocycles. The summed E-state index contributed by atoms with van der Waals surface area (Å²) in [5.41, 5.74) is 1.13. The van der Waals surface area contributed by atoms with Crippen LogP contribution in [0, 0.1) is 5.92 Å². The van der Waals surface area contributed by atoms with Gasteiger partial charge in [-0.1, -0.05) is 37.3 Å².